The molecule has 0 radical (unpaired) electrons. The molecule has 2 aliphatic carbocycles. The van der Waals surface area contributed by atoms with Gasteiger partial charge in [-0.15, -0.1) is 0 Å². The third kappa shape index (κ3) is 3.80. The summed E-state index contributed by atoms with van der Waals surface area (Å²) in [5.74, 6) is 0.969. The Labute approximate surface area is 145 Å². The number of ether oxygens (including phenoxy) is 2. The summed E-state index contributed by atoms with van der Waals surface area (Å²) in [4.78, 5) is 0. The quantitative estimate of drug-likeness (QED) is 0.820. The molecule has 0 spiro atoms. The van der Waals surface area contributed by atoms with Crippen LogP contribution in [0.4, 0.5) is 0 Å². The van der Waals surface area contributed by atoms with Gasteiger partial charge in [-0.25, -0.2) is 0 Å². The van der Waals surface area contributed by atoms with E-state index < -0.39 is 0 Å². The molecule has 0 aromatic heterocycles. The summed E-state index contributed by atoms with van der Waals surface area (Å²) in [5.41, 5.74) is 3.78. The monoisotopic (exact) mass is 327 g/mol. The first-order chi connectivity index (χ1) is 11.6. The topological polar surface area (TPSA) is 30.5 Å². The zero-order valence-electron chi connectivity index (χ0n) is 15.2. The molecular weight excluding hydrogens is 298 g/mol. The molecule has 24 heavy (non-hydrogen) atoms. The van der Waals surface area contributed by atoms with Gasteiger partial charge in [0, 0.05) is 25.0 Å². The third-order valence-electron chi connectivity index (χ3n) is 5.25. The van der Waals surface area contributed by atoms with Crippen LogP contribution in [0.1, 0.15) is 37.5 Å². The highest BCUT2D eigenvalue weighted by molar-refractivity contribution is 5.31. The van der Waals surface area contributed by atoms with Crippen molar-refractivity contribution in [1.82, 2.24) is 5.32 Å². The molecule has 1 aromatic rings. The molecule has 0 amide bonds. The van der Waals surface area contributed by atoms with Crippen molar-refractivity contribution in [3.8, 4) is 0 Å². The number of hydrogen-bond donors (Lipinski definition) is 1. The van der Waals surface area contributed by atoms with Crippen molar-refractivity contribution in [2.75, 3.05) is 14.2 Å². The Bertz CT molecular complexity index is 622. The van der Waals surface area contributed by atoms with E-state index >= 15 is 0 Å². The highest BCUT2D eigenvalue weighted by Gasteiger charge is 2.43. The van der Waals surface area contributed by atoms with Gasteiger partial charge in [0.15, 0.2) is 0 Å². The highest BCUT2D eigenvalue weighted by Crippen LogP contribution is 2.44. The van der Waals surface area contributed by atoms with Crippen molar-refractivity contribution in [3.05, 3.63) is 59.2 Å². The first-order valence-corrected chi connectivity index (χ1v) is 8.90. The van der Waals surface area contributed by atoms with Crippen molar-refractivity contribution >= 4 is 0 Å². The Hall–Kier alpha value is -1.42. The van der Waals surface area contributed by atoms with Crippen molar-refractivity contribution in [2.24, 2.45) is 11.8 Å². The fourth-order valence-electron chi connectivity index (χ4n) is 3.62. The molecule has 3 nitrogen and oxygen atoms in total. The van der Waals surface area contributed by atoms with Gasteiger partial charge in [0.1, 0.15) is 0 Å². The molecule has 0 aliphatic heterocycles. The third-order valence-corrected chi connectivity index (χ3v) is 5.25. The molecule has 5 atom stereocenters. The summed E-state index contributed by atoms with van der Waals surface area (Å²) in [6.07, 6.45) is 8.09. The summed E-state index contributed by atoms with van der Waals surface area (Å²) >= 11 is 0. The lowest BCUT2D eigenvalue weighted by atomic mass is 9.95. The Morgan fingerprint density at radius 1 is 1.29 bits per heavy atom. The Morgan fingerprint density at radius 2 is 2.08 bits per heavy atom. The average Bonchev–Trinajstić information content (AvgIpc) is 3.37. The van der Waals surface area contributed by atoms with Gasteiger partial charge in [-0.2, -0.15) is 0 Å². The molecule has 3 heteroatoms. The van der Waals surface area contributed by atoms with Gasteiger partial charge in [0.05, 0.1) is 18.8 Å². The largest absolute Gasteiger partial charge is 0.376 e. The van der Waals surface area contributed by atoms with Crippen LogP contribution >= 0.6 is 0 Å². The Balaban J connectivity index is 1.71. The summed E-state index contributed by atoms with van der Waals surface area (Å²) in [6, 6.07) is 9.10. The standard InChI is InChI=1S/C21H29NO2/c1-14-9-10-15(2)20(11-14)24-13-16-7-5-6-8-17(16)21(23-4)18-12-19(18)22-3/h5-11,15,18-22H,12-13H2,1-4H3. The molecule has 0 bridgehead atoms. The van der Waals surface area contributed by atoms with E-state index in [-0.39, 0.29) is 12.2 Å². The summed E-state index contributed by atoms with van der Waals surface area (Å²) in [6.45, 7) is 4.95. The van der Waals surface area contributed by atoms with Crippen LogP contribution in [-0.4, -0.2) is 26.3 Å². The van der Waals surface area contributed by atoms with Crippen molar-refractivity contribution in [1.29, 1.82) is 0 Å². The first-order valence-electron chi connectivity index (χ1n) is 8.90. The maximum atomic E-state index is 6.24. The molecule has 1 aromatic carbocycles. The van der Waals surface area contributed by atoms with Crippen molar-refractivity contribution in [3.63, 3.8) is 0 Å². The van der Waals surface area contributed by atoms with Crippen LogP contribution < -0.4 is 5.32 Å². The van der Waals surface area contributed by atoms with Gasteiger partial charge in [-0.3, -0.25) is 0 Å². The molecule has 130 valence electrons. The van der Waals surface area contributed by atoms with Crippen LogP contribution in [0.3, 0.4) is 0 Å². The van der Waals surface area contributed by atoms with E-state index in [1.54, 1.807) is 0 Å². The summed E-state index contributed by atoms with van der Waals surface area (Å²) in [5, 5.41) is 3.36. The minimum atomic E-state index is 0.142. The molecular formula is C21H29NO2. The molecule has 1 N–H and O–H groups in total. The van der Waals surface area contributed by atoms with E-state index in [4.69, 9.17) is 9.47 Å². The lowest BCUT2D eigenvalue weighted by molar-refractivity contribution is 0.0434. The number of methoxy groups -OCH3 is 1. The molecule has 0 heterocycles. The van der Waals surface area contributed by atoms with Crippen LogP contribution in [0.25, 0.3) is 0 Å². The van der Waals surface area contributed by atoms with Crippen LogP contribution in [0.15, 0.2) is 48.1 Å². The number of hydrogen-bond acceptors (Lipinski definition) is 3. The molecule has 3 rings (SSSR count). The van der Waals surface area contributed by atoms with Gasteiger partial charge in [0.25, 0.3) is 0 Å². The molecule has 1 saturated carbocycles. The normalized spacial score (nSPS) is 30.1. The molecule has 2 aliphatic rings. The van der Waals surface area contributed by atoms with E-state index in [2.05, 4.69) is 61.7 Å². The first kappa shape index (κ1) is 17.4. The zero-order chi connectivity index (χ0) is 17.1. The minimum absolute atomic E-state index is 0.142. The molecule has 0 saturated heterocycles. The maximum absolute atomic E-state index is 6.24. The van der Waals surface area contributed by atoms with Crippen molar-refractivity contribution in [2.45, 2.75) is 45.1 Å². The van der Waals surface area contributed by atoms with Gasteiger partial charge in [-0.05, 0) is 31.5 Å². The lowest BCUT2D eigenvalue weighted by Gasteiger charge is -2.24. The number of benzene rings is 1. The van der Waals surface area contributed by atoms with E-state index in [0.717, 1.165) is 0 Å². The Kier molecular flexibility index (Phi) is 5.54. The fraction of sp³-hybridized carbons (Fsp3) is 0.524. The van der Waals surface area contributed by atoms with Crippen LogP contribution in [0.5, 0.6) is 0 Å². The SMILES string of the molecule is CNC1CC1C(OC)c1ccccc1COC1C=C(C)C=CC1C. The van der Waals surface area contributed by atoms with E-state index in [1.165, 1.54) is 23.1 Å². The predicted octanol–water partition coefficient (Wildman–Crippen LogP) is 4.02. The highest BCUT2D eigenvalue weighted by atomic mass is 16.5. The lowest BCUT2D eigenvalue weighted by Crippen LogP contribution is -2.21. The predicted molar refractivity (Wildman–Crippen MR) is 97.8 cm³/mol. The fourth-order valence-corrected chi connectivity index (χ4v) is 3.62. The molecule has 1 fully saturated rings. The van der Waals surface area contributed by atoms with Crippen LogP contribution in [-0.2, 0) is 16.1 Å². The Morgan fingerprint density at radius 3 is 2.79 bits per heavy atom. The van der Waals surface area contributed by atoms with Gasteiger partial charge >= 0.3 is 0 Å². The van der Waals surface area contributed by atoms with Gasteiger partial charge < -0.3 is 14.8 Å². The maximum Gasteiger partial charge on any atom is 0.0868 e. The number of nitrogens with one attached hydrogen (secondary N) is 1. The minimum Gasteiger partial charge on any atom is -0.376 e. The second-order valence-electron chi connectivity index (χ2n) is 7.05. The van der Waals surface area contributed by atoms with Crippen LogP contribution in [0.2, 0.25) is 0 Å². The van der Waals surface area contributed by atoms with E-state index in [0.29, 0.717) is 24.5 Å². The summed E-state index contributed by atoms with van der Waals surface area (Å²) < 4.78 is 12.1. The molecule has 5 unspecified atom stereocenters. The van der Waals surface area contributed by atoms with Crippen LogP contribution in [0, 0.1) is 11.8 Å². The number of rotatable bonds is 7. The number of allylic oxidation sites excluding steroid dienone is 2. The van der Waals surface area contributed by atoms with E-state index in [1.807, 2.05) is 14.2 Å². The zero-order valence-corrected chi connectivity index (χ0v) is 15.2. The van der Waals surface area contributed by atoms with Crippen molar-refractivity contribution < 1.29 is 9.47 Å². The second kappa shape index (κ2) is 7.64. The average molecular weight is 327 g/mol. The summed E-state index contributed by atoms with van der Waals surface area (Å²) in [7, 11) is 3.84. The smallest absolute Gasteiger partial charge is 0.0868 e. The second-order valence-corrected chi connectivity index (χ2v) is 7.05. The van der Waals surface area contributed by atoms with E-state index in [9.17, 15) is 0 Å². The van der Waals surface area contributed by atoms with Gasteiger partial charge in [-0.1, -0.05) is 55.0 Å². The van der Waals surface area contributed by atoms with Gasteiger partial charge in [0.2, 0.25) is 0 Å².